The summed E-state index contributed by atoms with van der Waals surface area (Å²) in [7, 11) is 0. The molecule has 0 atom stereocenters. The molecule has 6 heteroatoms. The van der Waals surface area contributed by atoms with Gasteiger partial charge in [-0.3, -0.25) is 4.79 Å². The predicted octanol–water partition coefficient (Wildman–Crippen LogP) is 3.46. The van der Waals surface area contributed by atoms with Crippen LogP contribution in [0.4, 0.5) is 5.69 Å². The van der Waals surface area contributed by atoms with Crippen LogP contribution in [0.2, 0.25) is 0 Å². The van der Waals surface area contributed by atoms with E-state index in [0.29, 0.717) is 10.0 Å². The summed E-state index contributed by atoms with van der Waals surface area (Å²) < 4.78 is 0.647. The summed E-state index contributed by atoms with van der Waals surface area (Å²) in [4.78, 5) is 22.9. The average molecular weight is 326 g/mol. The van der Waals surface area contributed by atoms with E-state index in [9.17, 15) is 9.59 Å². The van der Waals surface area contributed by atoms with Gasteiger partial charge in [0.2, 0.25) is 0 Å². The van der Waals surface area contributed by atoms with Crippen molar-refractivity contribution in [3.05, 3.63) is 50.6 Å². The second-order valence-corrected chi connectivity index (χ2v) is 5.16. The van der Waals surface area contributed by atoms with Gasteiger partial charge in [-0.05, 0) is 29.6 Å². The van der Waals surface area contributed by atoms with E-state index in [2.05, 4.69) is 21.2 Å². The number of carbonyl (C=O) groups is 2. The maximum Gasteiger partial charge on any atom is 0.337 e. The molecule has 0 aliphatic heterocycles. The molecule has 2 aromatic rings. The van der Waals surface area contributed by atoms with Gasteiger partial charge in [0.05, 0.1) is 16.8 Å². The largest absolute Gasteiger partial charge is 0.478 e. The highest BCUT2D eigenvalue weighted by molar-refractivity contribution is 9.10. The fraction of sp³-hybridized carbons (Fsp3) is 0. The Hall–Kier alpha value is -1.66. The number of halogens is 1. The highest BCUT2D eigenvalue weighted by Crippen LogP contribution is 2.22. The van der Waals surface area contributed by atoms with Crippen LogP contribution in [-0.2, 0) is 0 Å². The summed E-state index contributed by atoms with van der Waals surface area (Å²) in [6, 6.07) is 6.36. The van der Waals surface area contributed by atoms with Crippen molar-refractivity contribution in [3.8, 4) is 0 Å². The number of benzene rings is 1. The monoisotopic (exact) mass is 325 g/mol. The van der Waals surface area contributed by atoms with Crippen LogP contribution >= 0.6 is 27.3 Å². The summed E-state index contributed by atoms with van der Waals surface area (Å²) >= 11 is 4.60. The van der Waals surface area contributed by atoms with Crippen molar-refractivity contribution < 1.29 is 14.7 Å². The third-order valence-corrected chi connectivity index (χ3v) is 3.42. The minimum atomic E-state index is -1.09. The number of amides is 1. The van der Waals surface area contributed by atoms with Gasteiger partial charge >= 0.3 is 5.97 Å². The van der Waals surface area contributed by atoms with Gasteiger partial charge in [0.25, 0.3) is 5.91 Å². The first-order chi connectivity index (χ1) is 8.58. The molecule has 0 fully saturated rings. The minimum Gasteiger partial charge on any atom is -0.478 e. The molecular weight excluding hydrogens is 318 g/mol. The van der Waals surface area contributed by atoms with Gasteiger partial charge in [-0.1, -0.05) is 15.9 Å². The average Bonchev–Trinajstić information content (AvgIpc) is 2.84. The van der Waals surface area contributed by atoms with Crippen LogP contribution in [-0.4, -0.2) is 17.0 Å². The molecule has 2 rings (SSSR count). The SMILES string of the molecule is O=C(Nc1ccc(Br)cc1C(=O)O)c1ccsc1. The molecule has 0 spiro atoms. The lowest BCUT2D eigenvalue weighted by Crippen LogP contribution is -2.14. The molecule has 0 bridgehead atoms. The second-order valence-electron chi connectivity index (χ2n) is 3.46. The van der Waals surface area contributed by atoms with Crippen molar-refractivity contribution >= 4 is 44.8 Å². The smallest absolute Gasteiger partial charge is 0.337 e. The predicted molar refractivity (Wildman–Crippen MR) is 73.4 cm³/mol. The zero-order valence-electron chi connectivity index (χ0n) is 9.01. The van der Waals surface area contributed by atoms with Crippen LogP contribution in [0.3, 0.4) is 0 Å². The minimum absolute atomic E-state index is 0.0490. The van der Waals surface area contributed by atoms with Crippen molar-refractivity contribution in [1.82, 2.24) is 0 Å². The van der Waals surface area contributed by atoms with E-state index in [-0.39, 0.29) is 17.2 Å². The topological polar surface area (TPSA) is 66.4 Å². The van der Waals surface area contributed by atoms with Gasteiger partial charge in [-0.2, -0.15) is 11.3 Å². The Morgan fingerprint density at radius 1 is 1.28 bits per heavy atom. The molecule has 0 unspecified atom stereocenters. The van der Waals surface area contributed by atoms with Gasteiger partial charge in [-0.15, -0.1) is 0 Å². The number of thiophene rings is 1. The number of carboxylic acids is 1. The molecule has 1 heterocycles. The zero-order chi connectivity index (χ0) is 13.1. The van der Waals surface area contributed by atoms with E-state index < -0.39 is 5.97 Å². The van der Waals surface area contributed by atoms with Crippen LogP contribution in [0, 0.1) is 0 Å². The Morgan fingerprint density at radius 3 is 2.67 bits per heavy atom. The Balaban J connectivity index is 2.29. The fourth-order valence-electron chi connectivity index (χ4n) is 1.39. The van der Waals surface area contributed by atoms with Crippen LogP contribution in [0.5, 0.6) is 0 Å². The van der Waals surface area contributed by atoms with Crippen LogP contribution in [0.15, 0.2) is 39.5 Å². The quantitative estimate of drug-likeness (QED) is 0.908. The van der Waals surface area contributed by atoms with Gasteiger partial charge in [0, 0.05) is 9.85 Å². The molecule has 18 heavy (non-hydrogen) atoms. The normalized spacial score (nSPS) is 10.1. The van der Waals surface area contributed by atoms with E-state index in [4.69, 9.17) is 5.11 Å². The standard InChI is InChI=1S/C12H8BrNO3S/c13-8-1-2-10(9(5-8)12(16)17)14-11(15)7-3-4-18-6-7/h1-6H,(H,14,15)(H,16,17). The number of carboxylic acid groups (broad SMARTS) is 1. The van der Waals surface area contributed by atoms with Gasteiger partial charge in [-0.25, -0.2) is 4.79 Å². The van der Waals surface area contributed by atoms with Crippen molar-refractivity contribution in [3.63, 3.8) is 0 Å². The summed E-state index contributed by atoms with van der Waals surface area (Å²) in [6.45, 7) is 0. The van der Waals surface area contributed by atoms with E-state index in [1.807, 2.05) is 0 Å². The molecule has 0 saturated heterocycles. The van der Waals surface area contributed by atoms with E-state index in [1.165, 1.54) is 17.4 Å². The van der Waals surface area contributed by atoms with E-state index in [0.717, 1.165) is 0 Å². The lowest BCUT2D eigenvalue weighted by Gasteiger charge is -2.08. The van der Waals surface area contributed by atoms with Crippen molar-refractivity contribution in [2.75, 3.05) is 5.32 Å². The molecule has 4 nitrogen and oxygen atoms in total. The molecule has 0 aliphatic carbocycles. The maximum atomic E-state index is 11.8. The number of aromatic carboxylic acids is 1. The van der Waals surface area contributed by atoms with E-state index in [1.54, 1.807) is 29.0 Å². The molecule has 1 aromatic carbocycles. The Kier molecular flexibility index (Phi) is 3.78. The molecular formula is C12H8BrNO3S. The van der Waals surface area contributed by atoms with Gasteiger partial charge < -0.3 is 10.4 Å². The lowest BCUT2D eigenvalue weighted by atomic mass is 10.1. The first-order valence-electron chi connectivity index (χ1n) is 4.94. The van der Waals surface area contributed by atoms with Gasteiger partial charge in [0.15, 0.2) is 0 Å². The number of carbonyl (C=O) groups excluding carboxylic acids is 1. The van der Waals surface area contributed by atoms with E-state index >= 15 is 0 Å². The molecule has 0 aliphatic rings. The number of anilines is 1. The molecule has 1 aromatic heterocycles. The number of rotatable bonds is 3. The third-order valence-electron chi connectivity index (χ3n) is 2.24. The first-order valence-corrected chi connectivity index (χ1v) is 6.68. The third kappa shape index (κ3) is 2.77. The lowest BCUT2D eigenvalue weighted by molar-refractivity contribution is 0.0698. The van der Waals surface area contributed by atoms with Crippen LogP contribution < -0.4 is 5.32 Å². The van der Waals surface area contributed by atoms with Crippen LogP contribution in [0.25, 0.3) is 0 Å². The summed E-state index contributed by atoms with van der Waals surface area (Å²) in [6.07, 6.45) is 0. The number of hydrogen-bond acceptors (Lipinski definition) is 3. The molecule has 0 saturated carbocycles. The Bertz CT molecular complexity index is 595. The summed E-state index contributed by atoms with van der Waals surface area (Å²) in [5.74, 6) is -1.40. The highest BCUT2D eigenvalue weighted by atomic mass is 79.9. The molecule has 92 valence electrons. The fourth-order valence-corrected chi connectivity index (χ4v) is 2.39. The molecule has 2 N–H and O–H groups in total. The van der Waals surface area contributed by atoms with Crippen molar-refractivity contribution in [1.29, 1.82) is 0 Å². The summed E-state index contributed by atoms with van der Waals surface area (Å²) in [5, 5.41) is 15.1. The Labute approximate surface area is 115 Å². The highest BCUT2D eigenvalue weighted by Gasteiger charge is 2.14. The van der Waals surface area contributed by atoms with Crippen molar-refractivity contribution in [2.45, 2.75) is 0 Å². The summed E-state index contributed by atoms with van der Waals surface area (Å²) in [5.41, 5.74) is 0.842. The zero-order valence-corrected chi connectivity index (χ0v) is 11.4. The molecule has 0 radical (unpaired) electrons. The Morgan fingerprint density at radius 2 is 2.06 bits per heavy atom. The van der Waals surface area contributed by atoms with Crippen LogP contribution in [0.1, 0.15) is 20.7 Å². The number of hydrogen-bond donors (Lipinski definition) is 2. The molecule has 1 amide bonds. The number of nitrogens with one attached hydrogen (secondary N) is 1. The van der Waals surface area contributed by atoms with Gasteiger partial charge in [0.1, 0.15) is 0 Å². The first kappa shape index (κ1) is 12.8. The second kappa shape index (κ2) is 5.32. The van der Waals surface area contributed by atoms with Crippen molar-refractivity contribution in [2.24, 2.45) is 0 Å². The maximum absolute atomic E-state index is 11.8.